The molecule has 0 aromatic carbocycles. The molecule has 0 spiro atoms. The quantitative estimate of drug-likeness (QED) is 0.284. The highest BCUT2D eigenvalue weighted by molar-refractivity contribution is 5.75. The fourth-order valence-corrected chi connectivity index (χ4v) is 2.15. The summed E-state index contributed by atoms with van der Waals surface area (Å²) >= 11 is 0. The van der Waals surface area contributed by atoms with E-state index in [0.29, 0.717) is 12.5 Å². The molecule has 1 aliphatic heterocycles. The van der Waals surface area contributed by atoms with Gasteiger partial charge in [0.1, 0.15) is 0 Å². The number of hydrogen-bond donors (Lipinski definition) is 2. The van der Waals surface area contributed by atoms with Crippen LogP contribution >= 0.6 is 0 Å². The molecule has 5 nitrogen and oxygen atoms in total. The molecule has 0 bridgehead atoms. The maximum Gasteiger partial charge on any atom is 0.233 e. The van der Waals surface area contributed by atoms with Crippen LogP contribution in [0.15, 0.2) is 0 Å². The summed E-state index contributed by atoms with van der Waals surface area (Å²) < 4.78 is 5.62. The van der Waals surface area contributed by atoms with Gasteiger partial charge in [-0.05, 0) is 38.8 Å². The van der Waals surface area contributed by atoms with Crippen LogP contribution in [-0.4, -0.2) is 43.2 Å². The first kappa shape index (κ1) is 14.4. The second kappa shape index (κ2) is 8.44. The molecule has 0 radical (unpaired) electrons. The van der Waals surface area contributed by atoms with E-state index in [-0.39, 0.29) is 5.91 Å². The molecule has 1 fully saturated rings. The molecular formula is C12H25N3O2. The lowest BCUT2D eigenvalue weighted by Gasteiger charge is -2.23. The molecule has 1 aliphatic rings. The van der Waals surface area contributed by atoms with Crippen LogP contribution in [0.1, 0.15) is 39.0 Å². The zero-order valence-electron chi connectivity index (χ0n) is 10.8. The Kier molecular flexibility index (Phi) is 7.16. The highest BCUT2D eigenvalue weighted by Crippen LogP contribution is 2.13. The van der Waals surface area contributed by atoms with Crippen molar-refractivity contribution in [1.29, 1.82) is 0 Å². The molecule has 1 heterocycles. The van der Waals surface area contributed by atoms with E-state index in [4.69, 9.17) is 10.6 Å². The van der Waals surface area contributed by atoms with Crippen LogP contribution in [0.3, 0.4) is 0 Å². The van der Waals surface area contributed by atoms with Gasteiger partial charge in [-0.2, -0.15) is 0 Å². The summed E-state index contributed by atoms with van der Waals surface area (Å²) in [7, 11) is 0. The fourth-order valence-electron chi connectivity index (χ4n) is 2.15. The molecule has 0 saturated carbocycles. The average Bonchev–Trinajstić information content (AvgIpc) is 2.85. The van der Waals surface area contributed by atoms with Crippen LogP contribution in [-0.2, 0) is 9.53 Å². The van der Waals surface area contributed by atoms with Crippen molar-refractivity contribution < 1.29 is 9.53 Å². The summed E-state index contributed by atoms with van der Waals surface area (Å²) in [5.41, 5.74) is 2.15. The van der Waals surface area contributed by atoms with E-state index in [1.807, 2.05) is 0 Å². The number of carbonyl (C=O) groups is 1. The van der Waals surface area contributed by atoms with E-state index in [2.05, 4.69) is 17.2 Å². The highest BCUT2D eigenvalue weighted by Gasteiger charge is 2.18. The van der Waals surface area contributed by atoms with Crippen molar-refractivity contribution >= 4 is 5.91 Å². The number of carbonyl (C=O) groups excluding carboxylic acids is 1. The van der Waals surface area contributed by atoms with Gasteiger partial charge in [-0.3, -0.25) is 10.2 Å². The Balaban J connectivity index is 2.07. The Morgan fingerprint density at radius 1 is 1.53 bits per heavy atom. The van der Waals surface area contributed by atoms with E-state index < -0.39 is 0 Å². The van der Waals surface area contributed by atoms with Gasteiger partial charge >= 0.3 is 0 Å². The van der Waals surface area contributed by atoms with Gasteiger partial charge in [0, 0.05) is 19.6 Å². The highest BCUT2D eigenvalue weighted by atomic mass is 16.5. The Labute approximate surface area is 104 Å². The predicted octanol–water partition coefficient (Wildman–Crippen LogP) is 0.648. The molecule has 1 amide bonds. The first-order chi connectivity index (χ1) is 8.26. The molecule has 0 aromatic heterocycles. The topological polar surface area (TPSA) is 67.6 Å². The largest absolute Gasteiger partial charge is 0.377 e. The maximum absolute atomic E-state index is 10.9. The van der Waals surface area contributed by atoms with Crippen molar-refractivity contribution in [2.75, 3.05) is 26.2 Å². The number of nitrogens with one attached hydrogen (secondary N) is 1. The molecule has 3 N–H and O–H groups in total. The van der Waals surface area contributed by atoms with Gasteiger partial charge in [0.2, 0.25) is 5.91 Å². The van der Waals surface area contributed by atoms with Gasteiger partial charge in [0.25, 0.3) is 0 Å². The van der Waals surface area contributed by atoms with Crippen LogP contribution in [0.2, 0.25) is 0 Å². The molecule has 1 rings (SSSR count). The lowest BCUT2D eigenvalue weighted by molar-refractivity contribution is -0.121. The predicted molar refractivity (Wildman–Crippen MR) is 67.3 cm³/mol. The fraction of sp³-hybridized carbons (Fsp3) is 0.917. The van der Waals surface area contributed by atoms with E-state index in [1.54, 1.807) is 0 Å². The zero-order valence-corrected chi connectivity index (χ0v) is 10.8. The number of unbranched alkanes of at least 4 members (excludes halogenated alkanes) is 1. The standard InChI is InChI=1S/C12H25N3O2/c1-2-15(10-11-6-5-9-17-11)8-4-3-7-12(16)14-13/h11H,2-10,13H2,1H3,(H,14,16). The number of rotatable bonds is 8. The van der Waals surface area contributed by atoms with Crippen LogP contribution in [0.4, 0.5) is 0 Å². The molecule has 1 unspecified atom stereocenters. The van der Waals surface area contributed by atoms with Crippen LogP contribution in [0, 0.1) is 0 Å². The van der Waals surface area contributed by atoms with Gasteiger partial charge in [0.05, 0.1) is 6.10 Å². The summed E-state index contributed by atoms with van der Waals surface area (Å²) in [5, 5.41) is 0. The Hall–Kier alpha value is -0.650. The van der Waals surface area contributed by atoms with Gasteiger partial charge in [-0.25, -0.2) is 5.84 Å². The monoisotopic (exact) mass is 243 g/mol. The lowest BCUT2D eigenvalue weighted by Crippen LogP contribution is -2.33. The lowest BCUT2D eigenvalue weighted by atomic mass is 10.2. The third-order valence-electron chi connectivity index (χ3n) is 3.22. The summed E-state index contributed by atoms with van der Waals surface area (Å²) in [6, 6.07) is 0. The van der Waals surface area contributed by atoms with Crippen molar-refractivity contribution in [3.8, 4) is 0 Å². The normalized spacial score (nSPS) is 19.8. The van der Waals surface area contributed by atoms with Gasteiger partial charge in [-0.15, -0.1) is 0 Å². The van der Waals surface area contributed by atoms with E-state index >= 15 is 0 Å². The minimum atomic E-state index is -0.0767. The number of likely N-dealkylation sites (N-methyl/N-ethyl adjacent to an activating group) is 1. The number of hydrogen-bond acceptors (Lipinski definition) is 4. The maximum atomic E-state index is 10.9. The number of hydrazine groups is 1. The zero-order chi connectivity index (χ0) is 12.5. The van der Waals surface area contributed by atoms with Crippen LogP contribution in [0.25, 0.3) is 0 Å². The first-order valence-electron chi connectivity index (χ1n) is 6.59. The van der Waals surface area contributed by atoms with Crippen molar-refractivity contribution in [2.24, 2.45) is 5.84 Å². The third kappa shape index (κ3) is 6.00. The van der Waals surface area contributed by atoms with E-state index in [1.165, 1.54) is 12.8 Å². The van der Waals surface area contributed by atoms with Crippen molar-refractivity contribution in [3.63, 3.8) is 0 Å². The minimum Gasteiger partial charge on any atom is -0.377 e. The van der Waals surface area contributed by atoms with Crippen LogP contribution < -0.4 is 11.3 Å². The molecular weight excluding hydrogens is 218 g/mol. The summed E-state index contributed by atoms with van der Waals surface area (Å²) in [6.07, 6.45) is 5.25. The minimum absolute atomic E-state index is 0.0767. The Morgan fingerprint density at radius 2 is 2.35 bits per heavy atom. The molecule has 5 heteroatoms. The average molecular weight is 243 g/mol. The van der Waals surface area contributed by atoms with Crippen LogP contribution in [0.5, 0.6) is 0 Å². The molecule has 100 valence electrons. The van der Waals surface area contributed by atoms with Gasteiger partial charge < -0.3 is 9.64 Å². The smallest absolute Gasteiger partial charge is 0.233 e. The molecule has 1 saturated heterocycles. The summed E-state index contributed by atoms with van der Waals surface area (Å²) in [6.45, 7) is 6.19. The summed E-state index contributed by atoms with van der Waals surface area (Å²) in [5.74, 6) is 4.95. The second-order valence-corrected chi connectivity index (χ2v) is 4.55. The SMILES string of the molecule is CCN(CCCCC(=O)NN)CC1CCCO1. The van der Waals surface area contributed by atoms with Crippen molar-refractivity contribution in [1.82, 2.24) is 10.3 Å². The van der Waals surface area contributed by atoms with Gasteiger partial charge in [0.15, 0.2) is 0 Å². The summed E-state index contributed by atoms with van der Waals surface area (Å²) in [4.78, 5) is 13.3. The number of nitrogens with zero attached hydrogens (tertiary/aromatic N) is 1. The van der Waals surface area contributed by atoms with E-state index in [0.717, 1.165) is 39.1 Å². The van der Waals surface area contributed by atoms with Crippen molar-refractivity contribution in [2.45, 2.75) is 45.1 Å². The molecule has 0 aliphatic carbocycles. The Morgan fingerprint density at radius 3 is 2.94 bits per heavy atom. The second-order valence-electron chi connectivity index (χ2n) is 4.55. The number of nitrogens with two attached hydrogens (primary N) is 1. The van der Waals surface area contributed by atoms with Crippen molar-refractivity contribution in [3.05, 3.63) is 0 Å². The molecule has 17 heavy (non-hydrogen) atoms. The van der Waals surface area contributed by atoms with E-state index in [9.17, 15) is 4.79 Å². The number of ether oxygens (including phenoxy) is 1. The third-order valence-corrected chi connectivity index (χ3v) is 3.22. The first-order valence-corrected chi connectivity index (χ1v) is 6.59. The number of amides is 1. The molecule has 0 aromatic rings. The molecule has 1 atom stereocenters. The van der Waals surface area contributed by atoms with Gasteiger partial charge in [-0.1, -0.05) is 6.92 Å². The Bertz CT molecular complexity index is 218.